The van der Waals surface area contributed by atoms with Crippen molar-refractivity contribution in [3.8, 4) is 0 Å². The fraction of sp³-hybridized carbons (Fsp3) is 0.529. The van der Waals surface area contributed by atoms with E-state index in [1.807, 2.05) is 0 Å². The predicted molar refractivity (Wildman–Crippen MR) is 84.6 cm³/mol. The van der Waals surface area contributed by atoms with Crippen LogP contribution in [0.4, 0.5) is 0 Å². The van der Waals surface area contributed by atoms with Gasteiger partial charge in [-0.3, -0.25) is 0 Å². The first-order valence-electron chi connectivity index (χ1n) is 7.54. The van der Waals surface area contributed by atoms with Crippen LogP contribution in [0.5, 0.6) is 0 Å². The zero-order valence-corrected chi connectivity index (χ0v) is 13.3. The Morgan fingerprint density at radius 1 is 1.30 bits per heavy atom. The van der Waals surface area contributed by atoms with E-state index in [0.29, 0.717) is 0 Å². The highest BCUT2D eigenvalue weighted by atomic mass is 79.9. The monoisotopic (exact) mass is 336 g/mol. The summed E-state index contributed by atoms with van der Waals surface area (Å²) in [7, 11) is 0. The first kappa shape index (κ1) is 14.3. The summed E-state index contributed by atoms with van der Waals surface area (Å²) in [5.41, 5.74) is 4.27. The molecule has 2 nitrogen and oxygen atoms in total. The normalized spacial score (nSPS) is 22.2. The Morgan fingerprint density at radius 3 is 3.10 bits per heavy atom. The molecular formula is C17H21BrO2. The average Bonchev–Trinajstić information content (AvgIpc) is 2.48. The number of allylic oxidation sites excluding steroid dienone is 1. The van der Waals surface area contributed by atoms with Crippen molar-refractivity contribution in [3.63, 3.8) is 0 Å². The molecule has 1 aromatic rings. The number of benzene rings is 1. The number of hydrogen-bond donors (Lipinski definition) is 0. The summed E-state index contributed by atoms with van der Waals surface area (Å²) in [6.45, 7) is 1.61. The molecular weight excluding hydrogens is 316 g/mol. The van der Waals surface area contributed by atoms with Crippen LogP contribution in [0.15, 0.2) is 28.7 Å². The van der Waals surface area contributed by atoms with Crippen LogP contribution in [0, 0.1) is 0 Å². The zero-order chi connectivity index (χ0) is 13.8. The van der Waals surface area contributed by atoms with E-state index in [1.54, 1.807) is 0 Å². The number of fused-ring (bicyclic) bond motifs is 1. The van der Waals surface area contributed by atoms with Gasteiger partial charge in [-0.15, -0.1) is 0 Å². The van der Waals surface area contributed by atoms with Crippen molar-refractivity contribution in [3.05, 3.63) is 39.9 Å². The summed E-state index contributed by atoms with van der Waals surface area (Å²) in [5.74, 6) is 0. The number of halogens is 1. The molecule has 1 aliphatic carbocycles. The molecule has 3 heteroatoms. The minimum Gasteiger partial charge on any atom is -0.353 e. The van der Waals surface area contributed by atoms with E-state index >= 15 is 0 Å². The molecule has 0 radical (unpaired) electrons. The number of aryl methyl sites for hydroxylation is 1. The van der Waals surface area contributed by atoms with E-state index < -0.39 is 0 Å². The molecule has 2 aliphatic rings. The second-order valence-corrected chi connectivity index (χ2v) is 6.40. The molecule has 0 spiro atoms. The van der Waals surface area contributed by atoms with Crippen molar-refractivity contribution in [2.45, 2.75) is 44.8 Å². The van der Waals surface area contributed by atoms with Gasteiger partial charge in [0.25, 0.3) is 0 Å². The lowest BCUT2D eigenvalue weighted by atomic mass is 9.89. The van der Waals surface area contributed by atoms with Gasteiger partial charge in [-0.05, 0) is 67.4 Å². The van der Waals surface area contributed by atoms with Crippen LogP contribution in [-0.2, 0) is 15.9 Å². The third-order valence-electron chi connectivity index (χ3n) is 4.03. The molecule has 0 saturated carbocycles. The largest absolute Gasteiger partial charge is 0.353 e. The zero-order valence-electron chi connectivity index (χ0n) is 11.7. The van der Waals surface area contributed by atoms with Gasteiger partial charge in [-0.1, -0.05) is 28.1 Å². The Labute approximate surface area is 129 Å². The van der Waals surface area contributed by atoms with Gasteiger partial charge in [-0.25, -0.2) is 0 Å². The molecule has 0 amide bonds. The highest BCUT2D eigenvalue weighted by Gasteiger charge is 2.16. The fourth-order valence-corrected chi connectivity index (χ4v) is 3.38. The van der Waals surface area contributed by atoms with E-state index in [2.05, 4.69) is 40.2 Å². The minimum absolute atomic E-state index is 0.0253. The van der Waals surface area contributed by atoms with Gasteiger partial charge in [-0.2, -0.15) is 0 Å². The summed E-state index contributed by atoms with van der Waals surface area (Å²) in [4.78, 5) is 0. The lowest BCUT2D eigenvalue weighted by Gasteiger charge is -2.24. The Hall–Kier alpha value is -0.640. The molecule has 0 aromatic heterocycles. The smallest absolute Gasteiger partial charge is 0.157 e. The van der Waals surface area contributed by atoms with E-state index in [1.165, 1.54) is 34.0 Å². The van der Waals surface area contributed by atoms with E-state index in [4.69, 9.17) is 9.47 Å². The fourth-order valence-electron chi connectivity index (χ4n) is 2.97. The SMILES string of the molecule is Brc1ccc2c(c1)CCC=C2CCOC1CCCCO1. The number of rotatable bonds is 4. The molecule has 1 atom stereocenters. The molecule has 1 saturated heterocycles. The van der Waals surface area contributed by atoms with E-state index in [0.717, 1.165) is 38.9 Å². The third-order valence-corrected chi connectivity index (χ3v) is 4.52. The van der Waals surface area contributed by atoms with Gasteiger partial charge in [0.1, 0.15) is 0 Å². The Morgan fingerprint density at radius 2 is 2.25 bits per heavy atom. The molecule has 20 heavy (non-hydrogen) atoms. The van der Waals surface area contributed by atoms with Crippen molar-refractivity contribution in [1.29, 1.82) is 0 Å². The summed E-state index contributed by atoms with van der Waals surface area (Å²) in [6, 6.07) is 6.60. The first-order valence-corrected chi connectivity index (χ1v) is 8.33. The lowest BCUT2D eigenvalue weighted by Crippen LogP contribution is -2.22. The topological polar surface area (TPSA) is 18.5 Å². The van der Waals surface area contributed by atoms with Crippen LogP contribution in [0.2, 0.25) is 0 Å². The van der Waals surface area contributed by atoms with Crippen molar-refractivity contribution >= 4 is 21.5 Å². The highest BCUT2D eigenvalue weighted by molar-refractivity contribution is 9.10. The molecule has 1 aliphatic heterocycles. The number of hydrogen-bond acceptors (Lipinski definition) is 2. The predicted octanol–water partition coefficient (Wildman–Crippen LogP) is 4.71. The van der Waals surface area contributed by atoms with Crippen molar-refractivity contribution in [2.75, 3.05) is 13.2 Å². The van der Waals surface area contributed by atoms with Crippen LogP contribution in [-0.4, -0.2) is 19.5 Å². The van der Waals surface area contributed by atoms with Gasteiger partial charge in [0.05, 0.1) is 6.61 Å². The maximum absolute atomic E-state index is 5.85. The van der Waals surface area contributed by atoms with E-state index in [9.17, 15) is 0 Å². The quantitative estimate of drug-likeness (QED) is 0.792. The average molecular weight is 337 g/mol. The number of ether oxygens (including phenoxy) is 2. The molecule has 1 heterocycles. The second kappa shape index (κ2) is 6.88. The van der Waals surface area contributed by atoms with E-state index in [-0.39, 0.29) is 6.29 Å². The van der Waals surface area contributed by atoms with Crippen molar-refractivity contribution < 1.29 is 9.47 Å². The second-order valence-electron chi connectivity index (χ2n) is 5.49. The molecule has 1 unspecified atom stereocenters. The Balaban J connectivity index is 1.56. The van der Waals surface area contributed by atoms with Crippen LogP contribution in [0.25, 0.3) is 5.57 Å². The third kappa shape index (κ3) is 3.51. The first-order chi connectivity index (χ1) is 9.83. The lowest BCUT2D eigenvalue weighted by molar-refractivity contribution is -0.161. The molecule has 0 bridgehead atoms. The highest BCUT2D eigenvalue weighted by Crippen LogP contribution is 2.31. The summed E-state index contributed by atoms with van der Waals surface area (Å²) < 4.78 is 12.6. The molecule has 1 fully saturated rings. The van der Waals surface area contributed by atoms with Crippen LogP contribution >= 0.6 is 15.9 Å². The summed E-state index contributed by atoms with van der Waals surface area (Å²) in [6.07, 6.45) is 9.09. The molecule has 1 aromatic carbocycles. The van der Waals surface area contributed by atoms with Crippen molar-refractivity contribution in [1.82, 2.24) is 0 Å². The summed E-state index contributed by atoms with van der Waals surface area (Å²) in [5, 5.41) is 0. The van der Waals surface area contributed by atoms with Gasteiger partial charge >= 0.3 is 0 Å². The summed E-state index contributed by atoms with van der Waals surface area (Å²) >= 11 is 3.55. The van der Waals surface area contributed by atoms with Gasteiger partial charge in [0.2, 0.25) is 0 Å². The Bertz CT molecular complexity index is 490. The van der Waals surface area contributed by atoms with Crippen LogP contribution in [0.3, 0.4) is 0 Å². The van der Waals surface area contributed by atoms with Crippen molar-refractivity contribution in [2.24, 2.45) is 0 Å². The van der Waals surface area contributed by atoms with Crippen LogP contribution < -0.4 is 0 Å². The maximum atomic E-state index is 5.85. The standard InChI is InChI=1S/C17H21BrO2/c18-15-7-8-16-13(4-3-5-14(16)12-15)9-11-20-17-6-1-2-10-19-17/h4,7-8,12,17H,1-3,5-6,9-11H2. The molecule has 108 valence electrons. The van der Waals surface area contributed by atoms with Crippen LogP contribution in [0.1, 0.15) is 43.2 Å². The molecule has 0 N–H and O–H groups in total. The minimum atomic E-state index is 0.0253. The Kier molecular flexibility index (Phi) is 4.92. The van der Waals surface area contributed by atoms with Gasteiger partial charge in [0.15, 0.2) is 6.29 Å². The van der Waals surface area contributed by atoms with Gasteiger partial charge < -0.3 is 9.47 Å². The maximum Gasteiger partial charge on any atom is 0.157 e. The van der Waals surface area contributed by atoms with Gasteiger partial charge in [0, 0.05) is 11.1 Å². The molecule has 3 rings (SSSR count).